The fraction of sp³-hybridized carbons (Fsp3) is 0.300. The van der Waals surface area contributed by atoms with Crippen LogP contribution in [0.3, 0.4) is 0 Å². The molecule has 0 fully saturated rings. The highest BCUT2D eigenvalue weighted by Crippen LogP contribution is 2.28. The number of nitrogens with zero attached hydrogens (tertiary/aromatic N) is 1. The van der Waals surface area contributed by atoms with Crippen molar-refractivity contribution in [3.8, 4) is 6.07 Å². The Kier molecular flexibility index (Phi) is 3.87. The van der Waals surface area contributed by atoms with Crippen LogP contribution in [-0.2, 0) is 0 Å². The van der Waals surface area contributed by atoms with E-state index in [0.29, 0.717) is 0 Å². The van der Waals surface area contributed by atoms with Gasteiger partial charge in [0, 0.05) is 17.0 Å². The molecule has 0 bridgehead atoms. The minimum Gasteiger partial charge on any atom is -0.388 e. The Bertz CT molecular complexity index is 341. The second-order valence-corrected chi connectivity index (χ2v) is 3.26. The van der Waals surface area contributed by atoms with Crippen molar-refractivity contribution in [1.29, 1.82) is 5.26 Å². The second kappa shape index (κ2) is 4.94. The minimum absolute atomic E-state index is 0.0735. The SMILES string of the molecule is N#CCCC(O)c1c(F)cccc1Cl. The lowest BCUT2D eigenvalue weighted by molar-refractivity contribution is 0.164. The van der Waals surface area contributed by atoms with Crippen LogP contribution in [0.4, 0.5) is 4.39 Å². The van der Waals surface area contributed by atoms with Gasteiger partial charge in [0.1, 0.15) is 5.82 Å². The molecule has 1 rings (SSSR count). The van der Waals surface area contributed by atoms with E-state index in [0.717, 1.165) is 0 Å². The number of halogens is 2. The van der Waals surface area contributed by atoms with Crippen molar-refractivity contribution in [2.45, 2.75) is 18.9 Å². The zero-order valence-corrected chi connectivity index (χ0v) is 8.13. The molecule has 0 heterocycles. The maximum atomic E-state index is 13.2. The highest BCUT2D eigenvalue weighted by atomic mass is 35.5. The molecule has 0 aliphatic heterocycles. The number of hydrogen-bond acceptors (Lipinski definition) is 2. The van der Waals surface area contributed by atoms with Gasteiger partial charge < -0.3 is 5.11 Å². The summed E-state index contributed by atoms with van der Waals surface area (Å²) in [6, 6.07) is 6.09. The van der Waals surface area contributed by atoms with E-state index in [9.17, 15) is 9.50 Å². The molecule has 0 saturated carbocycles. The summed E-state index contributed by atoms with van der Waals surface area (Å²) in [5.74, 6) is -0.539. The molecule has 1 unspecified atom stereocenters. The molecule has 14 heavy (non-hydrogen) atoms. The average Bonchev–Trinajstić information content (AvgIpc) is 2.14. The number of benzene rings is 1. The van der Waals surface area contributed by atoms with Crippen LogP contribution in [0.25, 0.3) is 0 Å². The molecule has 0 aliphatic rings. The predicted molar refractivity (Wildman–Crippen MR) is 51.2 cm³/mol. The van der Waals surface area contributed by atoms with E-state index in [1.54, 1.807) is 0 Å². The molecule has 74 valence electrons. The van der Waals surface area contributed by atoms with Gasteiger partial charge in [-0.15, -0.1) is 0 Å². The monoisotopic (exact) mass is 213 g/mol. The van der Waals surface area contributed by atoms with Gasteiger partial charge in [-0.05, 0) is 18.6 Å². The molecule has 0 aromatic heterocycles. The number of hydrogen-bond donors (Lipinski definition) is 1. The summed E-state index contributed by atoms with van der Waals surface area (Å²) in [6.07, 6.45) is -0.647. The number of aliphatic hydroxyl groups excluding tert-OH is 1. The van der Waals surface area contributed by atoms with Crippen LogP contribution in [0, 0.1) is 17.1 Å². The van der Waals surface area contributed by atoms with E-state index < -0.39 is 11.9 Å². The van der Waals surface area contributed by atoms with Crippen molar-refractivity contribution in [2.75, 3.05) is 0 Å². The fourth-order valence-corrected chi connectivity index (χ4v) is 1.46. The van der Waals surface area contributed by atoms with Gasteiger partial charge in [-0.2, -0.15) is 5.26 Å². The molecule has 1 N–H and O–H groups in total. The minimum atomic E-state index is -1.01. The normalized spacial score (nSPS) is 12.1. The average molecular weight is 214 g/mol. The third-order valence-electron chi connectivity index (χ3n) is 1.86. The lowest BCUT2D eigenvalue weighted by atomic mass is 10.0. The van der Waals surface area contributed by atoms with Crippen molar-refractivity contribution in [1.82, 2.24) is 0 Å². The maximum Gasteiger partial charge on any atom is 0.130 e. The molecule has 4 heteroatoms. The first-order valence-corrected chi connectivity index (χ1v) is 4.53. The Hall–Kier alpha value is -1.11. The molecule has 1 aromatic carbocycles. The van der Waals surface area contributed by atoms with Gasteiger partial charge in [0.05, 0.1) is 12.2 Å². The summed E-state index contributed by atoms with van der Waals surface area (Å²) < 4.78 is 13.2. The van der Waals surface area contributed by atoms with Crippen LogP contribution in [0.5, 0.6) is 0 Å². The van der Waals surface area contributed by atoms with Crippen LogP contribution in [0.15, 0.2) is 18.2 Å². The van der Waals surface area contributed by atoms with Gasteiger partial charge in [-0.1, -0.05) is 17.7 Å². The van der Waals surface area contributed by atoms with Crippen LogP contribution in [0.2, 0.25) is 5.02 Å². The molecular formula is C10H9ClFNO. The summed E-state index contributed by atoms with van der Waals surface area (Å²) in [5, 5.41) is 18.0. The predicted octanol–water partition coefficient (Wildman–Crippen LogP) is 2.82. The van der Waals surface area contributed by atoms with E-state index in [4.69, 9.17) is 16.9 Å². The zero-order chi connectivity index (χ0) is 10.6. The third-order valence-corrected chi connectivity index (χ3v) is 2.19. The zero-order valence-electron chi connectivity index (χ0n) is 7.37. The summed E-state index contributed by atoms with van der Waals surface area (Å²) >= 11 is 5.72. The van der Waals surface area contributed by atoms with Crippen molar-refractivity contribution >= 4 is 11.6 Å². The molecular weight excluding hydrogens is 205 g/mol. The number of aliphatic hydroxyl groups is 1. The Labute approximate surface area is 86.5 Å². The van der Waals surface area contributed by atoms with E-state index in [1.807, 2.05) is 6.07 Å². The number of nitriles is 1. The highest BCUT2D eigenvalue weighted by molar-refractivity contribution is 6.31. The fourth-order valence-electron chi connectivity index (χ4n) is 1.17. The van der Waals surface area contributed by atoms with Crippen LogP contribution < -0.4 is 0 Å². The van der Waals surface area contributed by atoms with Gasteiger partial charge in [0.25, 0.3) is 0 Å². The van der Waals surface area contributed by atoms with Gasteiger partial charge in [0.15, 0.2) is 0 Å². The van der Waals surface area contributed by atoms with Crippen LogP contribution in [-0.4, -0.2) is 5.11 Å². The second-order valence-electron chi connectivity index (χ2n) is 2.85. The third kappa shape index (κ3) is 2.44. The molecule has 0 radical (unpaired) electrons. The first-order valence-electron chi connectivity index (χ1n) is 4.15. The standard InChI is InChI=1S/C10H9ClFNO/c11-7-3-1-4-8(12)10(7)9(14)5-2-6-13/h1,3-4,9,14H,2,5H2. The molecule has 0 saturated heterocycles. The Balaban J connectivity index is 2.89. The number of rotatable bonds is 3. The Morgan fingerprint density at radius 2 is 2.29 bits per heavy atom. The summed E-state index contributed by atoms with van der Waals surface area (Å²) in [4.78, 5) is 0. The molecule has 1 aromatic rings. The lowest BCUT2D eigenvalue weighted by Gasteiger charge is -2.11. The van der Waals surface area contributed by atoms with Gasteiger partial charge >= 0.3 is 0 Å². The largest absolute Gasteiger partial charge is 0.388 e. The molecule has 1 atom stereocenters. The summed E-state index contributed by atoms with van der Waals surface area (Å²) in [5.41, 5.74) is 0.0735. The van der Waals surface area contributed by atoms with Crippen LogP contribution >= 0.6 is 11.6 Å². The lowest BCUT2D eigenvalue weighted by Crippen LogP contribution is -2.01. The quantitative estimate of drug-likeness (QED) is 0.839. The topological polar surface area (TPSA) is 44.0 Å². The molecule has 0 aliphatic carbocycles. The van der Waals surface area contributed by atoms with E-state index in [1.165, 1.54) is 18.2 Å². The van der Waals surface area contributed by atoms with Gasteiger partial charge in [-0.25, -0.2) is 4.39 Å². The molecule has 2 nitrogen and oxygen atoms in total. The van der Waals surface area contributed by atoms with Crippen molar-refractivity contribution in [3.63, 3.8) is 0 Å². The molecule has 0 amide bonds. The smallest absolute Gasteiger partial charge is 0.130 e. The van der Waals surface area contributed by atoms with Gasteiger partial charge in [0.2, 0.25) is 0 Å². The van der Waals surface area contributed by atoms with E-state index in [-0.39, 0.29) is 23.4 Å². The highest BCUT2D eigenvalue weighted by Gasteiger charge is 2.15. The first kappa shape index (κ1) is 11.0. The van der Waals surface area contributed by atoms with E-state index >= 15 is 0 Å². The summed E-state index contributed by atoms with van der Waals surface area (Å²) in [7, 11) is 0. The van der Waals surface area contributed by atoms with Crippen molar-refractivity contribution < 1.29 is 9.50 Å². The van der Waals surface area contributed by atoms with Gasteiger partial charge in [-0.3, -0.25) is 0 Å². The Morgan fingerprint density at radius 1 is 1.57 bits per heavy atom. The first-order chi connectivity index (χ1) is 6.66. The van der Waals surface area contributed by atoms with Crippen LogP contribution in [0.1, 0.15) is 24.5 Å². The maximum absolute atomic E-state index is 13.2. The van der Waals surface area contributed by atoms with Crippen molar-refractivity contribution in [2.24, 2.45) is 0 Å². The van der Waals surface area contributed by atoms with E-state index in [2.05, 4.69) is 0 Å². The molecule has 0 spiro atoms. The Morgan fingerprint density at radius 3 is 2.86 bits per heavy atom. The summed E-state index contributed by atoms with van der Waals surface area (Å²) in [6.45, 7) is 0. The van der Waals surface area contributed by atoms with Crippen molar-refractivity contribution in [3.05, 3.63) is 34.6 Å².